The van der Waals surface area contributed by atoms with Crippen molar-refractivity contribution in [3.8, 4) is 11.5 Å². The molecule has 9 nitrogen and oxygen atoms in total. The number of aliphatic hydroxyl groups is 1. The van der Waals surface area contributed by atoms with E-state index in [2.05, 4.69) is 14.9 Å². The number of amides is 1. The van der Waals surface area contributed by atoms with Gasteiger partial charge in [0.15, 0.2) is 17.6 Å². The van der Waals surface area contributed by atoms with Crippen LogP contribution >= 0.6 is 11.6 Å². The summed E-state index contributed by atoms with van der Waals surface area (Å²) >= 11 is 6.01. The maximum Gasteiger partial charge on any atom is 0.261 e. The van der Waals surface area contributed by atoms with Crippen molar-refractivity contribution >= 4 is 27.5 Å². The predicted molar refractivity (Wildman–Crippen MR) is 152 cm³/mol. The number of phenolic OH excluding ortho intramolecular Hbond substituents is 1. The quantitative estimate of drug-likeness (QED) is 0.385. The number of rotatable bonds is 7. The molecule has 1 saturated carbocycles. The van der Waals surface area contributed by atoms with Gasteiger partial charge >= 0.3 is 0 Å². The van der Waals surface area contributed by atoms with E-state index in [0.717, 1.165) is 17.7 Å². The van der Waals surface area contributed by atoms with Crippen LogP contribution in [-0.4, -0.2) is 66.3 Å². The molecule has 2 heterocycles. The summed E-state index contributed by atoms with van der Waals surface area (Å²) in [4.78, 5) is 16.1. The topological polar surface area (TPSA) is 128 Å². The SMILES string of the molecule is CC(C)NC(=O)C1=C(NS(=O)(=O)c2ccc(Cl)cc2)[C@@H]2Oc3c(O)ccc4c3[C@@]23CCN(CC2CC2)[C@H](C4)[C@]3(O)C1. The molecular formula is C30H34ClN3O6S. The van der Waals surface area contributed by atoms with Gasteiger partial charge in [-0.2, -0.15) is 0 Å². The number of hydrogen-bond acceptors (Lipinski definition) is 7. The van der Waals surface area contributed by atoms with E-state index in [1.54, 1.807) is 6.07 Å². The van der Waals surface area contributed by atoms with Gasteiger partial charge in [-0.05, 0) is 87.9 Å². The van der Waals surface area contributed by atoms with E-state index < -0.39 is 33.1 Å². The normalized spacial score (nSPS) is 30.2. The first kappa shape index (κ1) is 27.1. The molecule has 2 aromatic rings. The van der Waals surface area contributed by atoms with Crippen molar-refractivity contribution in [3.05, 3.63) is 63.8 Å². The first-order valence-electron chi connectivity index (χ1n) is 14.3. The third-order valence-electron chi connectivity index (χ3n) is 9.61. The fourth-order valence-electron chi connectivity index (χ4n) is 7.68. The molecule has 2 bridgehead atoms. The highest BCUT2D eigenvalue weighted by atomic mass is 35.5. The minimum atomic E-state index is -4.17. The van der Waals surface area contributed by atoms with E-state index in [9.17, 15) is 23.4 Å². The number of ether oxygens (including phenoxy) is 1. The number of halogens is 1. The predicted octanol–water partition coefficient (Wildman–Crippen LogP) is 2.98. The third-order valence-corrected chi connectivity index (χ3v) is 11.2. The van der Waals surface area contributed by atoms with Gasteiger partial charge < -0.3 is 20.3 Å². The van der Waals surface area contributed by atoms with Crippen LogP contribution in [0.1, 0.15) is 50.7 Å². The maximum absolute atomic E-state index is 13.8. The Kier molecular flexibility index (Phi) is 6.01. The average Bonchev–Trinajstić information content (AvgIpc) is 3.65. The van der Waals surface area contributed by atoms with Crippen molar-refractivity contribution in [2.24, 2.45) is 5.92 Å². The molecule has 0 aromatic heterocycles. The van der Waals surface area contributed by atoms with Gasteiger partial charge in [-0.1, -0.05) is 17.7 Å². The number of nitrogens with one attached hydrogen (secondary N) is 2. The zero-order chi connectivity index (χ0) is 28.9. The molecule has 0 unspecified atom stereocenters. The number of nitrogens with zero attached hydrogens (tertiary/aromatic N) is 1. The number of phenols is 1. The molecule has 218 valence electrons. The van der Waals surface area contributed by atoms with Crippen LogP contribution in [0.2, 0.25) is 5.02 Å². The second kappa shape index (κ2) is 9.10. The highest BCUT2D eigenvalue weighted by molar-refractivity contribution is 7.89. The van der Waals surface area contributed by atoms with E-state index in [1.807, 2.05) is 19.9 Å². The molecule has 0 radical (unpaired) electrons. The van der Waals surface area contributed by atoms with Crippen LogP contribution < -0.4 is 14.8 Å². The Hall–Kier alpha value is -2.79. The van der Waals surface area contributed by atoms with Crippen LogP contribution in [0.15, 0.2) is 52.6 Å². The molecule has 5 aliphatic rings. The molecule has 2 fully saturated rings. The minimum absolute atomic E-state index is 0.0174. The van der Waals surface area contributed by atoms with E-state index in [4.69, 9.17) is 16.3 Å². The molecule has 2 aliphatic heterocycles. The second-order valence-electron chi connectivity index (χ2n) is 12.5. The lowest BCUT2D eigenvalue weighted by atomic mass is 9.49. The largest absolute Gasteiger partial charge is 0.504 e. The summed E-state index contributed by atoms with van der Waals surface area (Å²) in [5.74, 6) is 0.332. The number of hydrogen-bond donors (Lipinski definition) is 4. The lowest BCUT2D eigenvalue weighted by Gasteiger charge is -2.63. The fourth-order valence-corrected chi connectivity index (χ4v) is 8.93. The van der Waals surface area contributed by atoms with Crippen LogP contribution in [0.5, 0.6) is 11.5 Å². The smallest absolute Gasteiger partial charge is 0.261 e. The van der Waals surface area contributed by atoms with Crippen LogP contribution in [0.3, 0.4) is 0 Å². The highest BCUT2D eigenvalue weighted by Crippen LogP contribution is 2.66. The van der Waals surface area contributed by atoms with Crippen LogP contribution in [0.25, 0.3) is 0 Å². The lowest BCUT2D eigenvalue weighted by Crippen LogP contribution is -2.76. The van der Waals surface area contributed by atoms with Crippen LogP contribution in [0, 0.1) is 5.92 Å². The lowest BCUT2D eigenvalue weighted by molar-refractivity contribution is -0.168. The molecule has 7 rings (SSSR count). The zero-order valence-corrected chi connectivity index (χ0v) is 24.6. The van der Waals surface area contributed by atoms with Crippen molar-refractivity contribution in [1.29, 1.82) is 0 Å². The summed E-state index contributed by atoms with van der Waals surface area (Å²) in [5, 5.41) is 27.1. The van der Waals surface area contributed by atoms with Crippen LogP contribution in [-0.2, 0) is 26.7 Å². The van der Waals surface area contributed by atoms with Gasteiger partial charge in [-0.25, -0.2) is 8.42 Å². The van der Waals surface area contributed by atoms with Crippen molar-refractivity contribution in [2.75, 3.05) is 13.1 Å². The average molecular weight is 600 g/mol. The Morgan fingerprint density at radius 1 is 1.20 bits per heavy atom. The number of benzene rings is 2. The summed E-state index contributed by atoms with van der Waals surface area (Å²) in [6, 6.07) is 8.76. The van der Waals surface area contributed by atoms with E-state index in [-0.39, 0.29) is 46.2 Å². The van der Waals surface area contributed by atoms with Crippen molar-refractivity contribution in [3.63, 3.8) is 0 Å². The molecule has 2 aromatic carbocycles. The Bertz CT molecular complexity index is 1590. The van der Waals surface area contributed by atoms with E-state index in [1.165, 1.54) is 37.1 Å². The highest BCUT2D eigenvalue weighted by Gasteiger charge is 2.73. The standard InChI is InChI=1S/C30H34ClN3O6S/c1-16(2)32-28(36)21-14-30(37)23-13-18-5-10-22(35)26-24(18)29(30,11-12-34(23)15-17-3-4-17)27(40-26)25(21)33-41(38,39)20-8-6-19(31)7-9-20/h5-10,16-17,23,27,33,35,37H,3-4,11-15H2,1-2H3,(H,32,36)/t23-,27+,29+,30-/m1/s1. The monoisotopic (exact) mass is 599 g/mol. The zero-order valence-electron chi connectivity index (χ0n) is 23.0. The molecule has 3 aliphatic carbocycles. The van der Waals surface area contributed by atoms with Gasteiger partial charge in [0.2, 0.25) is 5.91 Å². The third kappa shape index (κ3) is 3.94. The van der Waals surface area contributed by atoms with Gasteiger partial charge in [0.25, 0.3) is 10.0 Å². The number of aromatic hydroxyl groups is 1. The first-order valence-corrected chi connectivity index (χ1v) is 16.1. The number of carbonyl (C=O) groups is 1. The van der Waals surface area contributed by atoms with Crippen LogP contribution in [0.4, 0.5) is 0 Å². The number of piperidine rings is 1. The van der Waals surface area contributed by atoms with Crippen molar-refractivity contribution in [1.82, 2.24) is 14.9 Å². The first-order chi connectivity index (χ1) is 19.4. The summed E-state index contributed by atoms with van der Waals surface area (Å²) < 4.78 is 36.7. The molecule has 41 heavy (non-hydrogen) atoms. The Morgan fingerprint density at radius 2 is 1.93 bits per heavy atom. The Balaban J connectivity index is 1.43. The van der Waals surface area contributed by atoms with Gasteiger partial charge in [0.1, 0.15) is 0 Å². The van der Waals surface area contributed by atoms with Gasteiger partial charge in [-0.3, -0.25) is 14.4 Å². The molecule has 11 heteroatoms. The van der Waals surface area contributed by atoms with Gasteiger partial charge in [0.05, 0.1) is 21.6 Å². The maximum atomic E-state index is 13.8. The van der Waals surface area contributed by atoms with Gasteiger partial charge in [-0.15, -0.1) is 0 Å². The Morgan fingerprint density at radius 3 is 2.61 bits per heavy atom. The number of carbonyl (C=O) groups excluding carboxylic acids is 1. The van der Waals surface area contributed by atoms with E-state index in [0.29, 0.717) is 30.3 Å². The molecule has 4 atom stereocenters. The summed E-state index contributed by atoms with van der Waals surface area (Å²) in [5.41, 5.74) is -0.507. The number of likely N-dealkylation sites (tertiary alicyclic amines) is 1. The summed E-state index contributed by atoms with van der Waals surface area (Å²) in [6.07, 6.45) is 2.31. The molecular weight excluding hydrogens is 566 g/mol. The molecule has 1 saturated heterocycles. The molecule has 1 spiro atoms. The second-order valence-corrected chi connectivity index (χ2v) is 14.6. The molecule has 1 amide bonds. The number of sulfonamides is 1. The molecule has 4 N–H and O–H groups in total. The fraction of sp³-hybridized carbons (Fsp3) is 0.500. The van der Waals surface area contributed by atoms with E-state index >= 15 is 0 Å². The minimum Gasteiger partial charge on any atom is -0.504 e. The van der Waals surface area contributed by atoms with Gasteiger partial charge in [0, 0.05) is 41.2 Å². The summed E-state index contributed by atoms with van der Waals surface area (Å²) in [7, 11) is -4.17. The Labute approximate surface area is 244 Å². The van der Waals surface area contributed by atoms with Crippen molar-refractivity contribution < 1.29 is 28.2 Å². The van der Waals surface area contributed by atoms with Crippen molar-refractivity contribution in [2.45, 2.75) is 80.1 Å². The summed E-state index contributed by atoms with van der Waals surface area (Å²) in [6.45, 7) is 5.23.